The molecule has 0 radical (unpaired) electrons. The Balaban J connectivity index is 2.19. The van der Waals surface area contributed by atoms with Gasteiger partial charge in [0, 0.05) is 6.54 Å². The summed E-state index contributed by atoms with van der Waals surface area (Å²) in [5.74, 6) is 0.387. The molecule has 0 aliphatic rings. The number of likely N-dealkylation sites (N-methyl/N-ethyl adjacent to an activating group) is 1. The number of benzene rings is 2. The topological polar surface area (TPSA) is 48.3 Å². The summed E-state index contributed by atoms with van der Waals surface area (Å²) in [6.07, 6.45) is 0. The molecule has 0 aromatic heterocycles. The zero-order chi connectivity index (χ0) is 16.8. The number of methoxy groups -OCH3 is 1. The number of nitrogens with one attached hydrogen (secondary N) is 1. The van der Waals surface area contributed by atoms with Crippen LogP contribution in [0.4, 0.5) is 10.1 Å². The van der Waals surface area contributed by atoms with Gasteiger partial charge in [0.15, 0.2) is 0 Å². The van der Waals surface area contributed by atoms with E-state index in [1.54, 1.807) is 13.2 Å². The molecule has 2 rings (SSSR count). The van der Waals surface area contributed by atoms with E-state index in [4.69, 9.17) is 10.00 Å². The van der Waals surface area contributed by atoms with Gasteiger partial charge in [-0.25, -0.2) is 4.39 Å². The van der Waals surface area contributed by atoms with Crippen LogP contribution in [-0.2, 0) is 0 Å². The van der Waals surface area contributed by atoms with Gasteiger partial charge in [0.25, 0.3) is 0 Å². The smallest absolute Gasteiger partial charge is 0.124 e. The maximum atomic E-state index is 13.2. The molecule has 1 unspecified atom stereocenters. The second kappa shape index (κ2) is 7.61. The standard InChI is InChI=1S/C18H20FN3O/c1-22(2)18(13-5-4-6-16(10-13)23-3)12-21-17-8-7-15(19)9-14(17)11-20/h4-10,18,21H,12H2,1-3H3. The predicted molar refractivity (Wildman–Crippen MR) is 89.0 cm³/mol. The Morgan fingerprint density at radius 3 is 2.70 bits per heavy atom. The Morgan fingerprint density at radius 1 is 1.26 bits per heavy atom. The van der Waals surface area contributed by atoms with Crippen LogP contribution >= 0.6 is 0 Å². The summed E-state index contributed by atoms with van der Waals surface area (Å²) < 4.78 is 18.5. The van der Waals surface area contributed by atoms with Crippen molar-refractivity contribution in [1.29, 1.82) is 5.26 Å². The molecule has 0 fully saturated rings. The van der Waals surface area contributed by atoms with Gasteiger partial charge in [0.2, 0.25) is 0 Å². The van der Waals surface area contributed by atoms with E-state index in [2.05, 4.69) is 10.2 Å². The van der Waals surface area contributed by atoms with Crippen LogP contribution in [0.3, 0.4) is 0 Å². The summed E-state index contributed by atoms with van der Waals surface area (Å²) >= 11 is 0. The number of rotatable bonds is 6. The summed E-state index contributed by atoms with van der Waals surface area (Å²) in [5.41, 5.74) is 2.03. The molecule has 1 atom stereocenters. The maximum absolute atomic E-state index is 13.2. The molecule has 23 heavy (non-hydrogen) atoms. The molecule has 1 N–H and O–H groups in total. The third-order valence-electron chi connectivity index (χ3n) is 3.69. The minimum absolute atomic E-state index is 0.0849. The molecule has 0 aliphatic carbocycles. The Kier molecular flexibility index (Phi) is 5.56. The molecule has 5 heteroatoms. The number of nitrogens with zero attached hydrogens (tertiary/aromatic N) is 2. The first kappa shape index (κ1) is 16.8. The van der Waals surface area contributed by atoms with Crippen molar-refractivity contribution in [3.8, 4) is 11.8 Å². The van der Waals surface area contributed by atoms with Gasteiger partial charge < -0.3 is 15.0 Å². The van der Waals surface area contributed by atoms with Gasteiger partial charge in [0.1, 0.15) is 17.6 Å². The number of hydrogen-bond acceptors (Lipinski definition) is 4. The number of anilines is 1. The van der Waals surface area contributed by atoms with E-state index in [0.717, 1.165) is 11.3 Å². The third kappa shape index (κ3) is 4.21. The lowest BCUT2D eigenvalue weighted by molar-refractivity contribution is 0.310. The molecule has 2 aromatic carbocycles. The van der Waals surface area contributed by atoms with Crippen LogP contribution in [0, 0.1) is 17.1 Å². The minimum Gasteiger partial charge on any atom is -0.497 e. The van der Waals surface area contributed by atoms with E-state index >= 15 is 0 Å². The molecule has 0 amide bonds. The van der Waals surface area contributed by atoms with Gasteiger partial charge in [-0.15, -0.1) is 0 Å². The highest BCUT2D eigenvalue weighted by atomic mass is 19.1. The Morgan fingerprint density at radius 2 is 2.04 bits per heavy atom. The van der Waals surface area contributed by atoms with Crippen LogP contribution in [0.25, 0.3) is 0 Å². The van der Waals surface area contributed by atoms with Gasteiger partial charge in [-0.1, -0.05) is 12.1 Å². The van der Waals surface area contributed by atoms with Crippen molar-refractivity contribution in [2.24, 2.45) is 0 Å². The highest BCUT2D eigenvalue weighted by Crippen LogP contribution is 2.24. The molecular weight excluding hydrogens is 293 g/mol. The summed E-state index contributed by atoms with van der Waals surface area (Å²) in [6, 6.07) is 14.1. The van der Waals surface area contributed by atoms with Crippen molar-refractivity contribution in [1.82, 2.24) is 4.90 Å². The average Bonchev–Trinajstić information content (AvgIpc) is 2.56. The van der Waals surface area contributed by atoms with Gasteiger partial charge in [-0.05, 0) is 50.0 Å². The Hall–Kier alpha value is -2.58. The first-order valence-electron chi connectivity index (χ1n) is 7.29. The van der Waals surface area contributed by atoms with E-state index in [0.29, 0.717) is 17.8 Å². The van der Waals surface area contributed by atoms with Crippen molar-refractivity contribution in [3.63, 3.8) is 0 Å². The first-order chi connectivity index (χ1) is 11.0. The van der Waals surface area contributed by atoms with Gasteiger partial charge >= 0.3 is 0 Å². The number of ether oxygens (including phenoxy) is 1. The number of nitriles is 1. The molecule has 0 spiro atoms. The lowest BCUT2D eigenvalue weighted by atomic mass is 10.1. The molecule has 4 nitrogen and oxygen atoms in total. The van der Waals surface area contributed by atoms with Crippen molar-refractivity contribution in [3.05, 3.63) is 59.4 Å². The highest BCUT2D eigenvalue weighted by Gasteiger charge is 2.15. The average molecular weight is 313 g/mol. The fraction of sp³-hybridized carbons (Fsp3) is 0.278. The van der Waals surface area contributed by atoms with Crippen molar-refractivity contribution in [2.45, 2.75) is 6.04 Å². The van der Waals surface area contributed by atoms with E-state index in [9.17, 15) is 4.39 Å². The normalized spacial score (nSPS) is 11.8. The largest absolute Gasteiger partial charge is 0.497 e. The summed E-state index contributed by atoms with van der Waals surface area (Å²) in [5, 5.41) is 12.4. The molecule has 0 saturated carbocycles. The number of hydrogen-bond donors (Lipinski definition) is 1. The zero-order valence-electron chi connectivity index (χ0n) is 13.5. The summed E-state index contributed by atoms with van der Waals surface area (Å²) in [6.45, 7) is 0.584. The minimum atomic E-state index is -0.413. The van der Waals surface area contributed by atoms with Gasteiger partial charge in [-0.2, -0.15) is 5.26 Å². The predicted octanol–water partition coefficient (Wildman–Crippen LogP) is 3.42. The summed E-state index contributed by atoms with van der Waals surface area (Å²) in [4.78, 5) is 2.08. The second-order valence-corrected chi connectivity index (χ2v) is 5.44. The van der Waals surface area contributed by atoms with Crippen LogP contribution in [0.1, 0.15) is 17.2 Å². The van der Waals surface area contributed by atoms with E-state index in [-0.39, 0.29) is 6.04 Å². The van der Waals surface area contributed by atoms with Crippen LogP contribution in [0.5, 0.6) is 5.75 Å². The van der Waals surface area contributed by atoms with Crippen LogP contribution in [-0.4, -0.2) is 32.6 Å². The van der Waals surface area contributed by atoms with E-state index in [1.165, 1.54) is 12.1 Å². The molecule has 0 bridgehead atoms. The molecule has 0 aliphatic heterocycles. The maximum Gasteiger partial charge on any atom is 0.124 e. The van der Waals surface area contributed by atoms with Crippen molar-refractivity contribution < 1.29 is 9.13 Å². The molecule has 2 aromatic rings. The summed E-state index contributed by atoms with van der Waals surface area (Å²) in [7, 11) is 5.61. The van der Waals surface area contributed by atoms with Crippen LogP contribution in [0.2, 0.25) is 0 Å². The third-order valence-corrected chi connectivity index (χ3v) is 3.69. The highest BCUT2D eigenvalue weighted by molar-refractivity contribution is 5.57. The zero-order valence-corrected chi connectivity index (χ0v) is 13.5. The Labute approximate surface area is 136 Å². The molecule has 120 valence electrons. The fourth-order valence-electron chi connectivity index (χ4n) is 2.42. The molecule has 0 heterocycles. The van der Waals surface area contributed by atoms with Crippen LogP contribution < -0.4 is 10.1 Å². The molecule has 0 saturated heterocycles. The van der Waals surface area contributed by atoms with Gasteiger partial charge in [-0.3, -0.25) is 0 Å². The quantitative estimate of drug-likeness (QED) is 0.888. The Bertz CT molecular complexity index is 710. The lowest BCUT2D eigenvalue weighted by Gasteiger charge is -2.26. The van der Waals surface area contributed by atoms with Gasteiger partial charge in [0.05, 0.1) is 24.4 Å². The fourth-order valence-corrected chi connectivity index (χ4v) is 2.42. The van der Waals surface area contributed by atoms with Crippen LogP contribution in [0.15, 0.2) is 42.5 Å². The lowest BCUT2D eigenvalue weighted by Crippen LogP contribution is -2.27. The monoisotopic (exact) mass is 313 g/mol. The number of halogens is 1. The molecular formula is C18H20FN3O. The first-order valence-corrected chi connectivity index (χ1v) is 7.29. The SMILES string of the molecule is COc1cccc(C(CNc2ccc(F)cc2C#N)N(C)C)c1. The van der Waals surface area contributed by atoms with E-state index in [1.807, 2.05) is 44.4 Å². The van der Waals surface area contributed by atoms with E-state index < -0.39 is 5.82 Å². The van der Waals surface area contributed by atoms with Crippen molar-refractivity contribution >= 4 is 5.69 Å². The second-order valence-electron chi connectivity index (χ2n) is 5.44. The van der Waals surface area contributed by atoms with Crippen molar-refractivity contribution in [2.75, 3.05) is 33.1 Å².